The van der Waals surface area contributed by atoms with E-state index in [9.17, 15) is 18.7 Å². The minimum atomic E-state index is -0.767. The molecule has 2 aromatic carbocycles. The number of nitrogens with zero attached hydrogens (tertiary/aromatic N) is 2. The predicted octanol–water partition coefficient (Wildman–Crippen LogP) is 2.36. The number of β-amino-alcohol motifs (C(OH)–C–C–N with tert-alkyl or cyclic N) is 1. The normalized spacial score (nSPS) is 18.2. The zero-order chi connectivity index (χ0) is 23.1. The number of rotatable bonds is 9. The summed E-state index contributed by atoms with van der Waals surface area (Å²) in [5, 5.41) is 13.0. The van der Waals surface area contributed by atoms with Gasteiger partial charge in [-0.05, 0) is 31.2 Å². The number of benzene rings is 2. The Hall–Kier alpha value is -2.75. The van der Waals surface area contributed by atoms with E-state index in [4.69, 9.17) is 9.47 Å². The average molecular weight is 449 g/mol. The molecular weight excluding hydrogens is 420 g/mol. The standard InChI is InChI=1S/C23H29F2N3O4/c1-16-12-27(14-23(30)26-17-7-8-21(31-2)20(25)11-17)9-10-28(16)13-18(29)15-32-22-6-4-3-5-19(22)24/h3-8,11,16,18,29H,9-10,12-15H2,1-2H3,(H,26,30)/t16-,18-/m0/s1. The van der Waals surface area contributed by atoms with Gasteiger partial charge in [-0.1, -0.05) is 12.1 Å². The lowest BCUT2D eigenvalue weighted by Crippen LogP contribution is -2.55. The van der Waals surface area contributed by atoms with Gasteiger partial charge < -0.3 is 19.9 Å². The molecule has 0 radical (unpaired) electrons. The molecule has 7 nitrogen and oxygen atoms in total. The second-order valence-electron chi connectivity index (χ2n) is 7.87. The van der Waals surface area contributed by atoms with Crippen molar-refractivity contribution in [3.8, 4) is 11.5 Å². The molecule has 0 aliphatic carbocycles. The van der Waals surface area contributed by atoms with Crippen molar-refractivity contribution in [1.82, 2.24) is 9.80 Å². The number of anilines is 1. The fourth-order valence-corrected chi connectivity index (χ4v) is 3.70. The Balaban J connectivity index is 1.42. The van der Waals surface area contributed by atoms with Crippen LogP contribution in [0.1, 0.15) is 6.92 Å². The largest absolute Gasteiger partial charge is 0.494 e. The van der Waals surface area contributed by atoms with Gasteiger partial charge >= 0.3 is 0 Å². The van der Waals surface area contributed by atoms with Crippen LogP contribution in [0.2, 0.25) is 0 Å². The van der Waals surface area contributed by atoms with Crippen molar-refractivity contribution >= 4 is 11.6 Å². The van der Waals surface area contributed by atoms with Crippen LogP contribution in [0.4, 0.5) is 14.5 Å². The van der Waals surface area contributed by atoms with Crippen LogP contribution >= 0.6 is 0 Å². The Bertz CT molecular complexity index is 915. The molecule has 2 N–H and O–H groups in total. The van der Waals surface area contributed by atoms with Gasteiger partial charge in [0.05, 0.1) is 13.7 Å². The highest BCUT2D eigenvalue weighted by atomic mass is 19.1. The molecule has 32 heavy (non-hydrogen) atoms. The quantitative estimate of drug-likeness (QED) is 0.612. The van der Waals surface area contributed by atoms with Gasteiger partial charge in [0.15, 0.2) is 23.1 Å². The monoisotopic (exact) mass is 449 g/mol. The second-order valence-corrected chi connectivity index (χ2v) is 7.87. The Labute approximate surface area is 186 Å². The van der Waals surface area contributed by atoms with Crippen LogP contribution in [0, 0.1) is 11.6 Å². The molecule has 0 unspecified atom stereocenters. The van der Waals surface area contributed by atoms with E-state index in [1.54, 1.807) is 18.2 Å². The summed E-state index contributed by atoms with van der Waals surface area (Å²) in [5.41, 5.74) is 0.373. The number of para-hydroxylation sites is 1. The lowest BCUT2D eigenvalue weighted by Gasteiger charge is -2.40. The van der Waals surface area contributed by atoms with Crippen LogP contribution in [-0.2, 0) is 4.79 Å². The third kappa shape index (κ3) is 6.62. The fraction of sp³-hybridized carbons (Fsp3) is 0.435. The summed E-state index contributed by atoms with van der Waals surface area (Å²) >= 11 is 0. The molecule has 1 fully saturated rings. The van der Waals surface area contributed by atoms with Gasteiger partial charge in [0.2, 0.25) is 5.91 Å². The van der Waals surface area contributed by atoms with Crippen molar-refractivity contribution in [2.24, 2.45) is 0 Å². The molecule has 3 rings (SSSR count). The van der Waals surface area contributed by atoms with Gasteiger partial charge in [0.25, 0.3) is 0 Å². The van der Waals surface area contributed by atoms with E-state index in [1.165, 1.54) is 31.4 Å². The maximum absolute atomic E-state index is 13.8. The number of ether oxygens (including phenoxy) is 2. The maximum Gasteiger partial charge on any atom is 0.238 e. The van der Waals surface area contributed by atoms with E-state index in [2.05, 4.69) is 10.2 Å². The summed E-state index contributed by atoms with van der Waals surface area (Å²) in [6, 6.07) is 10.5. The Morgan fingerprint density at radius 1 is 1.19 bits per heavy atom. The van der Waals surface area contributed by atoms with Crippen molar-refractivity contribution in [2.45, 2.75) is 19.1 Å². The highest BCUT2D eigenvalue weighted by Crippen LogP contribution is 2.21. The highest BCUT2D eigenvalue weighted by molar-refractivity contribution is 5.92. The van der Waals surface area contributed by atoms with Gasteiger partial charge in [0.1, 0.15) is 12.7 Å². The predicted molar refractivity (Wildman–Crippen MR) is 117 cm³/mol. The molecule has 1 aliphatic heterocycles. The molecule has 0 bridgehead atoms. The topological polar surface area (TPSA) is 74.3 Å². The zero-order valence-electron chi connectivity index (χ0n) is 18.3. The summed E-state index contributed by atoms with van der Waals surface area (Å²) in [4.78, 5) is 16.5. The lowest BCUT2D eigenvalue weighted by atomic mass is 10.1. The fourth-order valence-electron chi connectivity index (χ4n) is 3.70. The summed E-state index contributed by atoms with van der Waals surface area (Å²) in [5.74, 6) is -0.988. The number of hydrogen-bond acceptors (Lipinski definition) is 6. The molecule has 1 aliphatic rings. The van der Waals surface area contributed by atoms with Crippen molar-refractivity contribution in [1.29, 1.82) is 0 Å². The Kier molecular flexibility index (Phi) is 8.38. The SMILES string of the molecule is COc1ccc(NC(=O)CN2CCN(C[C@H](O)COc3ccccc3F)[C@@H](C)C2)cc1F. The first-order chi connectivity index (χ1) is 15.4. The van der Waals surface area contributed by atoms with Crippen molar-refractivity contribution < 1.29 is 28.2 Å². The number of aliphatic hydroxyl groups is 1. The second kappa shape index (κ2) is 11.2. The smallest absolute Gasteiger partial charge is 0.238 e. The third-order valence-corrected chi connectivity index (χ3v) is 5.37. The van der Waals surface area contributed by atoms with E-state index in [1.807, 2.05) is 11.8 Å². The number of aliphatic hydroxyl groups excluding tert-OH is 1. The van der Waals surface area contributed by atoms with Crippen LogP contribution < -0.4 is 14.8 Å². The summed E-state index contributed by atoms with van der Waals surface area (Å²) < 4.78 is 37.7. The van der Waals surface area contributed by atoms with Gasteiger partial charge in [0, 0.05) is 44.0 Å². The van der Waals surface area contributed by atoms with E-state index in [-0.39, 0.29) is 36.6 Å². The van der Waals surface area contributed by atoms with Crippen LogP contribution in [0.5, 0.6) is 11.5 Å². The number of carbonyl (C=O) groups is 1. The number of carbonyl (C=O) groups excluding carboxylic acids is 1. The zero-order valence-corrected chi connectivity index (χ0v) is 18.3. The molecular formula is C23H29F2N3O4. The number of hydrogen-bond donors (Lipinski definition) is 2. The number of methoxy groups -OCH3 is 1. The molecule has 174 valence electrons. The first-order valence-electron chi connectivity index (χ1n) is 10.5. The third-order valence-electron chi connectivity index (χ3n) is 5.37. The minimum absolute atomic E-state index is 0.00526. The number of piperazine rings is 1. The average Bonchev–Trinajstić information content (AvgIpc) is 2.75. The Morgan fingerprint density at radius 2 is 1.97 bits per heavy atom. The lowest BCUT2D eigenvalue weighted by molar-refractivity contribution is -0.118. The molecule has 9 heteroatoms. The maximum atomic E-state index is 13.8. The molecule has 0 aromatic heterocycles. The van der Waals surface area contributed by atoms with E-state index >= 15 is 0 Å². The number of halogens is 2. The van der Waals surface area contributed by atoms with Crippen molar-refractivity contribution in [2.75, 3.05) is 51.8 Å². The highest BCUT2D eigenvalue weighted by Gasteiger charge is 2.26. The molecule has 1 heterocycles. The van der Waals surface area contributed by atoms with Crippen molar-refractivity contribution in [3.05, 3.63) is 54.1 Å². The van der Waals surface area contributed by atoms with Gasteiger partial charge in [-0.2, -0.15) is 0 Å². The van der Waals surface area contributed by atoms with E-state index < -0.39 is 17.7 Å². The molecule has 1 amide bonds. The Morgan fingerprint density at radius 3 is 2.66 bits per heavy atom. The number of nitrogens with one attached hydrogen (secondary N) is 1. The van der Waals surface area contributed by atoms with Gasteiger partial charge in [-0.25, -0.2) is 8.78 Å². The molecule has 0 saturated carbocycles. The van der Waals surface area contributed by atoms with E-state index in [0.717, 1.165) is 0 Å². The van der Waals surface area contributed by atoms with Gasteiger partial charge in [-0.15, -0.1) is 0 Å². The first-order valence-corrected chi connectivity index (χ1v) is 10.5. The molecule has 2 atom stereocenters. The summed E-state index contributed by atoms with van der Waals surface area (Å²) in [6.07, 6.45) is -0.767. The van der Waals surface area contributed by atoms with Crippen LogP contribution in [0.15, 0.2) is 42.5 Å². The first kappa shape index (κ1) is 23.9. The van der Waals surface area contributed by atoms with Crippen LogP contribution in [-0.4, -0.2) is 79.4 Å². The van der Waals surface area contributed by atoms with Crippen LogP contribution in [0.3, 0.4) is 0 Å². The summed E-state index contributed by atoms with van der Waals surface area (Å²) in [7, 11) is 1.38. The van der Waals surface area contributed by atoms with Crippen molar-refractivity contribution in [3.63, 3.8) is 0 Å². The number of amides is 1. The van der Waals surface area contributed by atoms with E-state index in [0.29, 0.717) is 31.9 Å². The molecule has 1 saturated heterocycles. The van der Waals surface area contributed by atoms with Gasteiger partial charge in [-0.3, -0.25) is 14.6 Å². The molecule has 0 spiro atoms. The van der Waals surface area contributed by atoms with Crippen LogP contribution in [0.25, 0.3) is 0 Å². The summed E-state index contributed by atoms with van der Waals surface area (Å²) in [6.45, 7) is 4.55. The molecule has 2 aromatic rings. The minimum Gasteiger partial charge on any atom is -0.494 e.